The van der Waals surface area contributed by atoms with Crippen molar-refractivity contribution in [3.8, 4) is 5.69 Å². The van der Waals surface area contributed by atoms with Gasteiger partial charge in [0, 0.05) is 17.3 Å². The highest BCUT2D eigenvalue weighted by Gasteiger charge is 2.23. The SMILES string of the molecule is O=C(O)c1c(Cl)n(-c2ccccc2)c2c(Cl)nccc12. The molecule has 1 aromatic carbocycles. The Bertz CT molecular complexity index is 813. The molecule has 20 heavy (non-hydrogen) atoms. The molecular weight excluding hydrogens is 299 g/mol. The third-order valence-corrected chi connectivity index (χ3v) is 3.64. The van der Waals surface area contributed by atoms with E-state index in [0.717, 1.165) is 5.69 Å². The monoisotopic (exact) mass is 306 g/mol. The molecule has 0 saturated heterocycles. The van der Waals surface area contributed by atoms with Gasteiger partial charge in [0.15, 0.2) is 5.15 Å². The maximum absolute atomic E-state index is 11.4. The molecule has 0 amide bonds. The number of carboxylic acids is 1. The summed E-state index contributed by atoms with van der Waals surface area (Å²) in [4.78, 5) is 15.4. The fourth-order valence-electron chi connectivity index (χ4n) is 2.19. The number of pyridine rings is 1. The molecule has 0 saturated carbocycles. The van der Waals surface area contributed by atoms with Crippen molar-refractivity contribution in [1.82, 2.24) is 9.55 Å². The van der Waals surface area contributed by atoms with Gasteiger partial charge in [-0.3, -0.25) is 4.57 Å². The maximum atomic E-state index is 11.4. The van der Waals surface area contributed by atoms with Crippen molar-refractivity contribution in [2.75, 3.05) is 0 Å². The number of benzene rings is 1. The highest BCUT2D eigenvalue weighted by Crippen LogP contribution is 2.35. The molecule has 0 aliphatic rings. The molecule has 1 N–H and O–H groups in total. The molecule has 100 valence electrons. The lowest BCUT2D eigenvalue weighted by Gasteiger charge is -2.07. The minimum absolute atomic E-state index is 0.0230. The number of aromatic nitrogens is 2. The summed E-state index contributed by atoms with van der Waals surface area (Å²) >= 11 is 12.4. The van der Waals surface area contributed by atoms with Crippen LogP contribution in [0.5, 0.6) is 0 Å². The van der Waals surface area contributed by atoms with Crippen LogP contribution in [0.2, 0.25) is 10.3 Å². The highest BCUT2D eigenvalue weighted by atomic mass is 35.5. The van der Waals surface area contributed by atoms with Gasteiger partial charge in [-0.05, 0) is 18.2 Å². The molecule has 2 heterocycles. The smallest absolute Gasteiger partial charge is 0.339 e. The number of halogens is 2. The van der Waals surface area contributed by atoms with E-state index < -0.39 is 5.97 Å². The van der Waals surface area contributed by atoms with Gasteiger partial charge in [0.25, 0.3) is 0 Å². The quantitative estimate of drug-likeness (QED) is 0.727. The first kappa shape index (κ1) is 13.0. The van der Waals surface area contributed by atoms with Crippen molar-refractivity contribution in [3.05, 3.63) is 58.5 Å². The van der Waals surface area contributed by atoms with Crippen LogP contribution in [0.3, 0.4) is 0 Å². The fourth-order valence-corrected chi connectivity index (χ4v) is 2.79. The normalized spacial score (nSPS) is 10.9. The number of carbonyl (C=O) groups is 1. The van der Waals surface area contributed by atoms with Crippen molar-refractivity contribution >= 4 is 40.1 Å². The first-order chi connectivity index (χ1) is 9.61. The number of fused-ring (bicyclic) bond motifs is 1. The zero-order valence-electron chi connectivity index (χ0n) is 10.0. The second kappa shape index (κ2) is 4.81. The third-order valence-electron chi connectivity index (χ3n) is 3.00. The van der Waals surface area contributed by atoms with Crippen LogP contribution in [-0.2, 0) is 0 Å². The summed E-state index contributed by atoms with van der Waals surface area (Å²) in [5.74, 6) is -1.10. The van der Waals surface area contributed by atoms with Crippen molar-refractivity contribution in [2.24, 2.45) is 0 Å². The van der Waals surface area contributed by atoms with Crippen LogP contribution in [-0.4, -0.2) is 20.6 Å². The lowest BCUT2D eigenvalue weighted by molar-refractivity contribution is 0.0699. The first-order valence-corrected chi connectivity index (χ1v) is 6.50. The lowest BCUT2D eigenvalue weighted by Crippen LogP contribution is -1.98. The number of hydrogen-bond donors (Lipinski definition) is 1. The Labute approximate surface area is 124 Å². The Morgan fingerprint density at radius 3 is 2.50 bits per heavy atom. The molecule has 2 aromatic heterocycles. The van der Waals surface area contributed by atoms with E-state index in [1.807, 2.05) is 30.3 Å². The zero-order valence-corrected chi connectivity index (χ0v) is 11.6. The number of para-hydroxylation sites is 1. The number of aromatic carboxylic acids is 1. The Balaban J connectivity index is 2.49. The average molecular weight is 307 g/mol. The molecule has 0 aliphatic heterocycles. The van der Waals surface area contributed by atoms with Crippen LogP contribution in [0.15, 0.2) is 42.6 Å². The molecule has 6 heteroatoms. The van der Waals surface area contributed by atoms with Gasteiger partial charge >= 0.3 is 5.97 Å². The summed E-state index contributed by atoms with van der Waals surface area (Å²) in [6, 6.07) is 10.8. The maximum Gasteiger partial charge on any atom is 0.339 e. The Kier molecular flexibility index (Phi) is 3.12. The molecule has 0 atom stereocenters. The summed E-state index contributed by atoms with van der Waals surface area (Å²) in [5.41, 5.74) is 1.24. The van der Waals surface area contributed by atoms with Crippen molar-refractivity contribution in [3.63, 3.8) is 0 Å². The standard InChI is InChI=1S/C14H8Cl2N2O2/c15-12-11-9(6-7-17-12)10(14(19)20)13(16)18(11)8-4-2-1-3-5-8/h1-7H,(H,19,20). The second-order valence-corrected chi connectivity index (χ2v) is 4.86. The van der Waals surface area contributed by atoms with E-state index in [1.165, 1.54) is 6.20 Å². The Morgan fingerprint density at radius 2 is 1.85 bits per heavy atom. The number of hydrogen-bond acceptors (Lipinski definition) is 2. The van der Waals surface area contributed by atoms with Crippen LogP contribution >= 0.6 is 23.2 Å². The molecule has 3 aromatic rings. The summed E-state index contributed by atoms with van der Waals surface area (Å²) < 4.78 is 1.59. The molecule has 0 aliphatic carbocycles. The molecule has 3 rings (SSSR count). The minimum Gasteiger partial charge on any atom is -0.478 e. The minimum atomic E-state index is -1.10. The van der Waals surface area contributed by atoms with Gasteiger partial charge in [0.2, 0.25) is 0 Å². The third kappa shape index (κ3) is 1.85. The highest BCUT2D eigenvalue weighted by molar-refractivity contribution is 6.38. The van der Waals surface area contributed by atoms with Gasteiger partial charge in [-0.1, -0.05) is 41.4 Å². The summed E-state index contributed by atoms with van der Waals surface area (Å²) in [5, 5.41) is 10.1. The van der Waals surface area contributed by atoms with Crippen molar-refractivity contribution < 1.29 is 9.90 Å². The van der Waals surface area contributed by atoms with Gasteiger partial charge in [-0.2, -0.15) is 0 Å². The van der Waals surface area contributed by atoms with Gasteiger partial charge in [-0.25, -0.2) is 9.78 Å². The molecule has 0 radical (unpaired) electrons. The van der Waals surface area contributed by atoms with E-state index in [2.05, 4.69) is 4.98 Å². The molecule has 0 bridgehead atoms. The fraction of sp³-hybridized carbons (Fsp3) is 0. The first-order valence-electron chi connectivity index (χ1n) is 5.74. The van der Waals surface area contributed by atoms with Crippen LogP contribution in [0.1, 0.15) is 10.4 Å². The topological polar surface area (TPSA) is 55.1 Å². The molecule has 0 spiro atoms. The number of carboxylic acid groups (broad SMARTS) is 1. The predicted molar refractivity (Wildman–Crippen MR) is 78.0 cm³/mol. The zero-order chi connectivity index (χ0) is 14.3. The largest absolute Gasteiger partial charge is 0.478 e. The van der Waals surface area contributed by atoms with Gasteiger partial charge in [0.05, 0.1) is 5.52 Å². The average Bonchev–Trinajstić information content (AvgIpc) is 2.73. The lowest BCUT2D eigenvalue weighted by atomic mass is 10.2. The van der Waals surface area contributed by atoms with Gasteiger partial charge in [0.1, 0.15) is 10.7 Å². The second-order valence-electron chi connectivity index (χ2n) is 4.14. The summed E-state index contributed by atoms with van der Waals surface area (Å²) in [6.45, 7) is 0. The molecule has 4 nitrogen and oxygen atoms in total. The van der Waals surface area contributed by atoms with Crippen LogP contribution in [0.25, 0.3) is 16.6 Å². The Hall–Kier alpha value is -2.04. The number of rotatable bonds is 2. The van der Waals surface area contributed by atoms with E-state index in [4.69, 9.17) is 23.2 Å². The summed E-state index contributed by atoms with van der Waals surface area (Å²) in [6.07, 6.45) is 1.46. The summed E-state index contributed by atoms with van der Waals surface area (Å²) in [7, 11) is 0. The van der Waals surface area contributed by atoms with E-state index in [-0.39, 0.29) is 15.9 Å². The molecule has 0 fully saturated rings. The number of nitrogens with zero attached hydrogens (tertiary/aromatic N) is 2. The van der Waals surface area contributed by atoms with Crippen LogP contribution < -0.4 is 0 Å². The van der Waals surface area contributed by atoms with Crippen LogP contribution in [0.4, 0.5) is 0 Å². The van der Waals surface area contributed by atoms with E-state index in [1.54, 1.807) is 10.6 Å². The molecular formula is C14H8Cl2N2O2. The predicted octanol–water partition coefficient (Wildman–Crippen LogP) is 4.03. The van der Waals surface area contributed by atoms with E-state index in [9.17, 15) is 9.90 Å². The van der Waals surface area contributed by atoms with Gasteiger partial charge in [-0.15, -0.1) is 0 Å². The Morgan fingerprint density at radius 1 is 1.15 bits per heavy atom. The van der Waals surface area contributed by atoms with E-state index >= 15 is 0 Å². The van der Waals surface area contributed by atoms with Crippen LogP contribution in [0, 0.1) is 0 Å². The van der Waals surface area contributed by atoms with Crippen molar-refractivity contribution in [2.45, 2.75) is 0 Å². The van der Waals surface area contributed by atoms with Crippen molar-refractivity contribution in [1.29, 1.82) is 0 Å². The van der Waals surface area contributed by atoms with E-state index in [0.29, 0.717) is 10.9 Å². The molecule has 0 unspecified atom stereocenters. The van der Waals surface area contributed by atoms with Gasteiger partial charge < -0.3 is 5.11 Å².